The Balaban J connectivity index is 4.13. The first-order valence-electron chi connectivity index (χ1n) is 3.17. The number of hydrogen-bond donors (Lipinski definition) is 2. The van der Waals surface area contributed by atoms with Crippen molar-refractivity contribution in [2.24, 2.45) is 0 Å². The highest BCUT2D eigenvalue weighted by Crippen LogP contribution is 1.92. The van der Waals surface area contributed by atoms with Gasteiger partial charge >= 0.3 is 5.97 Å². The summed E-state index contributed by atoms with van der Waals surface area (Å²) < 4.78 is 0. The topological polar surface area (TPSA) is 61.2 Å². The maximum atomic E-state index is 10.2. The van der Waals surface area contributed by atoms with Crippen LogP contribution >= 0.6 is 0 Å². The fraction of sp³-hybridized carbons (Fsp3) is 0.250. The molecule has 0 heterocycles. The van der Waals surface area contributed by atoms with Crippen molar-refractivity contribution in [2.45, 2.75) is 13.8 Å². The second kappa shape index (κ2) is 4.44. The largest absolute Gasteiger partial charge is 0.478 e. The van der Waals surface area contributed by atoms with Gasteiger partial charge in [-0.1, -0.05) is 12.2 Å². The molecule has 11 heavy (non-hydrogen) atoms. The monoisotopic (exact) mass is 153 g/mol. The Labute approximate surface area is 65.6 Å². The minimum Gasteiger partial charge on any atom is -0.478 e. The molecule has 2 N–H and O–H groups in total. The van der Waals surface area contributed by atoms with Crippen molar-refractivity contribution in [3.05, 3.63) is 23.8 Å². The van der Waals surface area contributed by atoms with Crippen molar-refractivity contribution in [3.63, 3.8) is 0 Å². The minimum absolute atomic E-state index is 0.266. The Morgan fingerprint density at radius 1 is 1.45 bits per heavy atom. The van der Waals surface area contributed by atoms with Gasteiger partial charge in [0, 0.05) is 11.3 Å². The third-order valence-corrected chi connectivity index (χ3v) is 1.03. The van der Waals surface area contributed by atoms with Gasteiger partial charge in [-0.2, -0.15) is 0 Å². The summed E-state index contributed by atoms with van der Waals surface area (Å²) in [5.41, 5.74) is 0.668. The third-order valence-electron chi connectivity index (χ3n) is 1.03. The van der Waals surface area contributed by atoms with E-state index in [0.29, 0.717) is 5.71 Å². The zero-order valence-electron chi connectivity index (χ0n) is 6.59. The van der Waals surface area contributed by atoms with E-state index in [4.69, 9.17) is 10.5 Å². The molecular weight excluding hydrogens is 142 g/mol. The summed E-state index contributed by atoms with van der Waals surface area (Å²) in [5.74, 6) is -0.933. The molecular formula is C8H11NO2. The van der Waals surface area contributed by atoms with Crippen LogP contribution in [0.5, 0.6) is 0 Å². The number of carbonyl (C=O) groups is 1. The maximum Gasteiger partial charge on any atom is 0.331 e. The smallest absolute Gasteiger partial charge is 0.331 e. The van der Waals surface area contributed by atoms with Crippen LogP contribution in [-0.4, -0.2) is 16.8 Å². The second-order valence-corrected chi connectivity index (χ2v) is 2.20. The molecule has 0 unspecified atom stereocenters. The van der Waals surface area contributed by atoms with E-state index in [9.17, 15) is 4.79 Å². The molecule has 0 aliphatic heterocycles. The maximum absolute atomic E-state index is 10.2. The Morgan fingerprint density at radius 3 is 2.36 bits per heavy atom. The van der Waals surface area contributed by atoms with Gasteiger partial charge < -0.3 is 10.5 Å². The lowest BCUT2D eigenvalue weighted by Gasteiger charge is -1.87. The molecule has 0 amide bonds. The average Bonchev–Trinajstić information content (AvgIpc) is 1.86. The molecule has 0 aromatic rings. The van der Waals surface area contributed by atoms with E-state index in [1.807, 2.05) is 0 Å². The van der Waals surface area contributed by atoms with Crippen LogP contribution < -0.4 is 0 Å². The standard InChI is InChI=1S/C8H11NO2/c1-6(8(10)11)4-3-5-7(2)9/h3-5,9H,1-2H3,(H,10,11)/b5-3-,6-4+,9-7?. The van der Waals surface area contributed by atoms with Crippen LogP contribution in [0.15, 0.2) is 23.8 Å². The van der Waals surface area contributed by atoms with E-state index >= 15 is 0 Å². The highest BCUT2D eigenvalue weighted by Gasteiger charge is 1.95. The molecule has 3 nitrogen and oxygen atoms in total. The van der Waals surface area contributed by atoms with Crippen molar-refractivity contribution in [2.75, 3.05) is 0 Å². The summed E-state index contributed by atoms with van der Waals surface area (Å²) in [4.78, 5) is 10.2. The average molecular weight is 153 g/mol. The summed E-state index contributed by atoms with van der Waals surface area (Å²) in [6.07, 6.45) is 4.54. The Hall–Kier alpha value is -1.38. The highest BCUT2D eigenvalue weighted by atomic mass is 16.4. The van der Waals surface area contributed by atoms with E-state index < -0.39 is 5.97 Å². The van der Waals surface area contributed by atoms with E-state index in [1.165, 1.54) is 19.1 Å². The summed E-state index contributed by atoms with van der Waals surface area (Å²) in [5, 5.41) is 15.4. The second-order valence-electron chi connectivity index (χ2n) is 2.20. The fourth-order valence-corrected chi connectivity index (χ4v) is 0.408. The van der Waals surface area contributed by atoms with Crippen molar-refractivity contribution in [1.29, 1.82) is 5.41 Å². The summed E-state index contributed by atoms with van der Waals surface area (Å²) >= 11 is 0. The van der Waals surface area contributed by atoms with Gasteiger partial charge in [-0.05, 0) is 19.9 Å². The van der Waals surface area contributed by atoms with Gasteiger partial charge in [0.2, 0.25) is 0 Å². The fourth-order valence-electron chi connectivity index (χ4n) is 0.408. The van der Waals surface area contributed by atoms with Gasteiger partial charge in [-0.3, -0.25) is 0 Å². The molecule has 0 aliphatic carbocycles. The molecule has 0 saturated carbocycles. The van der Waals surface area contributed by atoms with E-state index in [-0.39, 0.29) is 5.57 Å². The molecule has 0 spiro atoms. The molecule has 0 saturated heterocycles. The number of carboxylic acid groups (broad SMARTS) is 1. The molecule has 0 bridgehead atoms. The predicted molar refractivity (Wildman–Crippen MR) is 43.9 cm³/mol. The van der Waals surface area contributed by atoms with Crippen LogP contribution in [0.4, 0.5) is 0 Å². The quantitative estimate of drug-likeness (QED) is 0.367. The summed E-state index contributed by atoms with van der Waals surface area (Å²) in [6, 6.07) is 0. The number of aliphatic carboxylic acids is 1. The van der Waals surface area contributed by atoms with Gasteiger partial charge in [-0.15, -0.1) is 0 Å². The summed E-state index contributed by atoms with van der Waals surface area (Å²) in [6.45, 7) is 3.13. The number of allylic oxidation sites excluding steroid dienone is 3. The highest BCUT2D eigenvalue weighted by molar-refractivity contribution is 5.91. The van der Waals surface area contributed by atoms with Gasteiger partial charge in [0.05, 0.1) is 0 Å². The zero-order chi connectivity index (χ0) is 8.85. The molecule has 0 aromatic carbocycles. The van der Waals surface area contributed by atoms with Crippen LogP contribution in [0.1, 0.15) is 13.8 Å². The zero-order valence-corrected chi connectivity index (χ0v) is 6.59. The van der Waals surface area contributed by atoms with Crippen LogP contribution in [0.3, 0.4) is 0 Å². The third kappa shape index (κ3) is 5.08. The summed E-state index contributed by atoms with van der Waals surface area (Å²) in [7, 11) is 0. The lowest BCUT2D eigenvalue weighted by molar-refractivity contribution is -0.132. The van der Waals surface area contributed by atoms with E-state index in [2.05, 4.69) is 0 Å². The normalized spacial score (nSPS) is 12.0. The number of nitrogens with one attached hydrogen (secondary N) is 1. The van der Waals surface area contributed by atoms with E-state index in [1.54, 1.807) is 13.0 Å². The van der Waals surface area contributed by atoms with Gasteiger partial charge in [0.25, 0.3) is 0 Å². The first kappa shape index (κ1) is 9.62. The Morgan fingerprint density at radius 2 is 2.00 bits per heavy atom. The number of hydrogen-bond acceptors (Lipinski definition) is 2. The first-order chi connectivity index (χ1) is 5.04. The van der Waals surface area contributed by atoms with E-state index in [0.717, 1.165) is 0 Å². The van der Waals surface area contributed by atoms with Crippen LogP contribution in [0.25, 0.3) is 0 Å². The molecule has 0 rings (SSSR count). The van der Waals surface area contributed by atoms with Crippen LogP contribution in [0, 0.1) is 5.41 Å². The molecule has 0 aromatic heterocycles. The molecule has 3 heteroatoms. The SMILES string of the molecule is CC(=N)/C=C\C=C(/C)C(=O)O. The van der Waals surface area contributed by atoms with Crippen molar-refractivity contribution in [3.8, 4) is 0 Å². The van der Waals surface area contributed by atoms with Crippen LogP contribution in [-0.2, 0) is 4.79 Å². The minimum atomic E-state index is -0.933. The lowest BCUT2D eigenvalue weighted by atomic mass is 10.2. The lowest BCUT2D eigenvalue weighted by Crippen LogP contribution is -1.94. The molecule has 60 valence electrons. The van der Waals surface area contributed by atoms with Gasteiger partial charge in [-0.25, -0.2) is 4.79 Å². The molecule has 0 radical (unpaired) electrons. The first-order valence-corrected chi connectivity index (χ1v) is 3.17. The predicted octanol–water partition coefficient (Wildman–Crippen LogP) is 1.61. The Bertz CT molecular complexity index is 226. The number of carboxylic acids is 1. The Kier molecular flexibility index (Phi) is 3.88. The van der Waals surface area contributed by atoms with Crippen molar-refractivity contribution < 1.29 is 9.90 Å². The van der Waals surface area contributed by atoms with Gasteiger partial charge in [0.15, 0.2) is 0 Å². The van der Waals surface area contributed by atoms with Gasteiger partial charge in [0.1, 0.15) is 0 Å². The molecule has 0 fully saturated rings. The van der Waals surface area contributed by atoms with Crippen LogP contribution in [0.2, 0.25) is 0 Å². The van der Waals surface area contributed by atoms with Crippen molar-refractivity contribution in [1.82, 2.24) is 0 Å². The molecule has 0 aliphatic rings. The van der Waals surface area contributed by atoms with Crippen molar-refractivity contribution >= 4 is 11.7 Å². The number of rotatable bonds is 3. The molecule has 0 atom stereocenters.